The Morgan fingerprint density at radius 3 is 2.44 bits per heavy atom. The molecule has 0 aliphatic carbocycles. The summed E-state index contributed by atoms with van der Waals surface area (Å²) >= 11 is 0. The smallest absolute Gasteiger partial charge is 0.421 e. The number of rotatable bonds is 2. The van der Waals surface area contributed by atoms with Crippen molar-refractivity contribution in [2.45, 2.75) is 31.7 Å². The number of alkyl halides is 3. The Morgan fingerprint density at radius 1 is 1.36 bits per heavy atom. The van der Waals surface area contributed by atoms with E-state index in [9.17, 15) is 28.2 Å². The number of carboxylic acid groups (broad SMARTS) is 1. The molecule has 1 aliphatic heterocycles. The minimum atomic E-state index is -4.87. The third kappa shape index (κ3) is 3.76. The van der Waals surface area contributed by atoms with Gasteiger partial charge in [-0.25, -0.2) is 9.97 Å². The summed E-state index contributed by atoms with van der Waals surface area (Å²) in [7, 11) is 0. The molecule has 1 N–H and O–H groups in total. The van der Waals surface area contributed by atoms with Crippen molar-refractivity contribution in [3.8, 4) is 11.8 Å². The summed E-state index contributed by atoms with van der Waals surface area (Å²) in [5, 5.41) is 20.6. The first kappa shape index (κ1) is 18.8. The SMILES string of the molecule is CC#C[C@H]1CN(C(=O)[O-])CCN1c1ncc([C@](C)(O)C(F)(F)F)cn1. The lowest BCUT2D eigenvalue weighted by molar-refractivity contribution is -0.266. The van der Waals surface area contributed by atoms with Crippen LogP contribution in [-0.2, 0) is 5.60 Å². The van der Waals surface area contributed by atoms with Gasteiger partial charge in [0.2, 0.25) is 5.95 Å². The van der Waals surface area contributed by atoms with Crippen molar-refractivity contribution in [3.63, 3.8) is 0 Å². The lowest BCUT2D eigenvalue weighted by Crippen LogP contribution is -2.57. The summed E-state index contributed by atoms with van der Waals surface area (Å²) in [5.41, 5.74) is -3.56. The van der Waals surface area contributed by atoms with E-state index < -0.39 is 29.5 Å². The fourth-order valence-corrected chi connectivity index (χ4v) is 2.36. The van der Waals surface area contributed by atoms with E-state index in [0.29, 0.717) is 6.92 Å². The third-order valence-electron chi connectivity index (χ3n) is 3.96. The van der Waals surface area contributed by atoms with Gasteiger partial charge in [-0.2, -0.15) is 13.2 Å². The number of hydrogen-bond acceptors (Lipinski definition) is 6. The topological polar surface area (TPSA) is 92.6 Å². The van der Waals surface area contributed by atoms with Crippen molar-refractivity contribution in [3.05, 3.63) is 18.0 Å². The molecule has 0 unspecified atom stereocenters. The Labute approximate surface area is 142 Å². The molecular formula is C15H16F3N4O3-. The van der Waals surface area contributed by atoms with E-state index in [0.717, 1.165) is 17.3 Å². The predicted molar refractivity (Wildman–Crippen MR) is 79.2 cm³/mol. The van der Waals surface area contributed by atoms with Crippen molar-refractivity contribution < 1.29 is 28.2 Å². The second-order valence-corrected chi connectivity index (χ2v) is 5.66. The number of anilines is 1. The van der Waals surface area contributed by atoms with Gasteiger partial charge in [-0.05, 0) is 13.8 Å². The second kappa shape index (κ2) is 6.76. The molecule has 0 aromatic carbocycles. The first-order chi connectivity index (χ1) is 11.6. The molecule has 1 amide bonds. The van der Waals surface area contributed by atoms with Crippen molar-refractivity contribution in [2.75, 3.05) is 24.5 Å². The molecule has 2 atom stereocenters. The minimum absolute atomic E-state index is 0.0501. The molecule has 0 radical (unpaired) electrons. The first-order valence-corrected chi connectivity index (χ1v) is 7.34. The predicted octanol–water partition coefficient (Wildman–Crippen LogP) is 0.104. The normalized spacial score (nSPS) is 20.5. The highest BCUT2D eigenvalue weighted by Crippen LogP contribution is 2.38. The van der Waals surface area contributed by atoms with Crippen molar-refractivity contribution in [2.24, 2.45) is 0 Å². The molecule has 25 heavy (non-hydrogen) atoms. The zero-order valence-corrected chi connectivity index (χ0v) is 13.5. The number of aromatic nitrogens is 2. The lowest BCUT2D eigenvalue weighted by Gasteiger charge is -2.40. The fraction of sp³-hybridized carbons (Fsp3) is 0.533. The van der Waals surface area contributed by atoms with Crippen molar-refractivity contribution >= 4 is 12.0 Å². The Morgan fingerprint density at radius 2 is 1.96 bits per heavy atom. The molecule has 1 aromatic heterocycles. The van der Waals surface area contributed by atoms with Gasteiger partial charge in [0.25, 0.3) is 0 Å². The summed E-state index contributed by atoms with van der Waals surface area (Å²) in [6.07, 6.45) is -4.39. The van der Waals surface area contributed by atoms with Crippen LogP contribution in [0, 0.1) is 11.8 Å². The van der Waals surface area contributed by atoms with Gasteiger partial charge in [0, 0.05) is 31.0 Å². The number of aliphatic hydroxyl groups is 1. The maximum atomic E-state index is 12.9. The molecule has 1 aliphatic rings. The molecule has 2 rings (SSSR count). The van der Waals surface area contributed by atoms with Crippen LogP contribution in [0.1, 0.15) is 19.4 Å². The van der Waals surface area contributed by atoms with Gasteiger partial charge in [0.1, 0.15) is 12.1 Å². The van der Waals surface area contributed by atoms with Crippen LogP contribution < -0.4 is 10.0 Å². The molecule has 1 fully saturated rings. The second-order valence-electron chi connectivity index (χ2n) is 5.66. The number of hydrogen-bond donors (Lipinski definition) is 1. The summed E-state index contributed by atoms with van der Waals surface area (Å²) in [6, 6.07) is -0.550. The Bertz CT molecular complexity index is 695. The summed E-state index contributed by atoms with van der Waals surface area (Å²) < 4.78 is 38.6. The van der Waals surface area contributed by atoms with Crippen molar-refractivity contribution in [1.29, 1.82) is 0 Å². The van der Waals surface area contributed by atoms with Crippen LogP contribution >= 0.6 is 0 Å². The first-order valence-electron chi connectivity index (χ1n) is 7.34. The van der Waals surface area contributed by atoms with Gasteiger partial charge in [-0.3, -0.25) is 0 Å². The summed E-state index contributed by atoms with van der Waals surface area (Å²) in [5.74, 6) is 5.60. The molecule has 1 aromatic rings. The number of piperazine rings is 1. The molecule has 7 nitrogen and oxygen atoms in total. The summed E-state index contributed by atoms with van der Waals surface area (Å²) in [6.45, 7) is 2.60. The number of carbonyl (C=O) groups is 1. The van der Waals surface area contributed by atoms with E-state index in [2.05, 4.69) is 21.8 Å². The number of carbonyl (C=O) groups excluding carboxylic acids is 1. The molecule has 0 spiro atoms. The molecular weight excluding hydrogens is 341 g/mol. The fourth-order valence-electron chi connectivity index (χ4n) is 2.36. The van der Waals surface area contributed by atoms with Gasteiger partial charge in [0.05, 0.1) is 6.54 Å². The highest BCUT2D eigenvalue weighted by molar-refractivity contribution is 5.63. The van der Waals surface area contributed by atoms with Gasteiger partial charge in [-0.1, -0.05) is 5.92 Å². The van der Waals surface area contributed by atoms with E-state index >= 15 is 0 Å². The average molecular weight is 357 g/mol. The zero-order valence-electron chi connectivity index (χ0n) is 13.5. The quantitative estimate of drug-likeness (QED) is 0.755. The van der Waals surface area contributed by atoms with Gasteiger partial charge in [0.15, 0.2) is 5.60 Å². The molecule has 136 valence electrons. The lowest BCUT2D eigenvalue weighted by atomic mass is 9.99. The number of nitrogens with zero attached hydrogens (tertiary/aromatic N) is 4. The Kier molecular flexibility index (Phi) is 5.08. The molecule has 0 saturated carbocycles. The van der Waals surface area contributed by atoms with Crippen molar-refractivity contribution in [1.82, 2.24) is 14.9 Å². The Hall–Kier alpha value is -2.54. The maximum Gasteiger partial charge on any atom is 0.421 e. The Balaban J connectivity index is 2.26. The highest BCUT2D eigenvalue weighted by atomic mass is 19.4. The van der Waals surface area contributed by atoms with Gasteiger partial charge < -0.3 is 24.8 Å². The van der Waals surface area contributed by atoms with Crippen LogP contribution in [0.3, 0.4) is 0 Å². The van der Waals surface area contributed by atoms with E-state index in [4.69, 9.17) is 0 Å². The van der Waals surface area contributed by atoms with Crippen LogP contribution in [0.5, 0.6) is 0 Å². The molecule has 0 bridgehead atoms. The van der Waals surface area contributed by atoms with E-state index in [1.165, 1.54) is 0 Å². The van der Waals surface area contributed by atoms with Crippen LogP contribution in [0.15, 0.2) is 12.4 Å². The summed E-state index contributed by atoms with van der Waals surface area (Å²) in [4.78, 5) is 21.4. The van der Waals surface area contributed by atoms with Crippen LogP contribution in [0.4, 0.5) is 23.9 Å². The van der Waals surface area contributed by atoms with Crippen LogP contribution in [-0.4, -0.2) is 57.9 Å². The van der Waals surface area contributed by atoms with E-state index in [1.54, 1.807) is 11.8 Å². The molecule has 10 heteroatoms. The minimum Gasteiger partial charge on any atom is -0.530 e. The molecule has 1 saturated heterocycles. The average Bonchev–Trinajstić information content (AvgIpc) is 2.54. The monoisotopic (exact) mass is 357 g/mol. The molecule has 2 heterocycles. The standard InChI is InChI=1S/C15H17F3N4O3/c1-3-4-11-9-21(13(23)24)5-6-22(11)12-19-7-10(8-20-12)14(2,25)15(16,17)18/h7-8,11,25H,5-6,9H2,1-2H3,(H,23,24)/p-1/t11-,14-/m0/s1. The van der Waals surface area contributed by atoms with E-state index in [1.807, 2.05) is 0 Å². The zero-order chi connectivity index (χ0) is 18.8. The van der Waals surface area contributed by atoms with Crippen LogP contribution in [0.25, 0.3) is 0 Å². The van der Waals surface area contributed by atoms with Crippen LogP contribution in [0.2, 0.25) is 0 Å². The number of amides is 1. The maximum absolute atomic E-state index is 12.9. The highest BCUT2D eigenvalue weighted by Gasteiger charge is 2.51. The third-order valence-corrected chi connectivity index (χ3v) is 3.96. The van der Waals surface area contributed by atoms with E-state index in [-0.39, 0.29) is 25.6 Å². The largest absolute Gasteiger partial charge is 0.530 e. The van der Waals surface area contributed by atoms with Gasteiger partial charge >= 0.3 is 6.18 Å². The number of halogens is 3. The van der Waals surface area contributed by atoms with Gasteiger partial charge in [-0.15, -0.1) is 5.92 Å².